The molecule has 0 saturated heterocycles. The summed E-state index contributed by atoms with van der Waals surface area (Å²) in [5.41, 5.74) is 1.65. The standard InChI is InChI=1S/C18H22N4O/c1-18(2,3)16(11-22-9-8-19-12-22)21-17(23)14-4-5-15-13(10-14)6-7-20-15/h4-10,12,16,20H,11H2,1-3H3,(H,21,23)/t16-/m0/s1. The van der Waals surface area contributed by atoms with E-state index in [4.69, 9.17) is 0 Å². The summed E-state index contributed by atoms with van der Waals surface area (Å²) in [4.78, 5) is 19.9. The number of carbonyl (C=O) groups is 1. The molecule has 0 bridgehead atoms. The van der Waals surface area contributed by atoms with Crippen LogP contribution in [0.2, 0.25) is 0 Å². The molecular weight excluding hydrogens is 288 g/mol. The number of imidazole rings is 1. The van der Waals surface area contributed by atoms with Crippen LogP contribution in [-0.2, 0) is 6.54 Å². The van der Waals surface area contributed by atoms with Crippen molar-refractivity contribution in [3.05, 3.63) is 54.7 Å². The van der Waals surface area contributed by atoms with Crippen LogP contribution in [0.1, 0.15) is 31.1 Å². The van der Waals surface area contributed by atoms with Gasteiger partial charge in [0.1, 0.15) is 0 Å². The van der Waals surface area contributed by atoms with Crippen molar-refractivity contribution in [1.82, 2.24) is 19.9 Å². The van der Waals surface area contributed by atoms with E-state index < -0.39 is 0 Å². The van der Waals surface area contributed by atoms with E-state index >= 15 is 0 Å². The Kier molecular flexibility index (Phi) is 3.94. The minimum atomic E-state index is -0.0574. The quantitative estimate of drug-likeness (QED) is 0.777. The van der Waals surface area contributed by atoms with Crippen molar-refractivity contribution in [3.63, 3.8) is 0 Å². The van der Waals surface area contributed by atoms with Crippen LogP contribution >= 0.6 is 0 Å². The Morgan fingerprint density at radius 2 is 2.17 bits per heavy atom. The second-order valence-corrected chi connectivity index (χ2v) is 6.93. The van der Waals surface area contributed by atoms with Gasteiger partial charge in [-0.25, -0.2) is 4.98 Å². The fourth-order valence-electron chi connectivity index (χ4n) is 2.58. The monoisotopic (exact) mass is 310 g/mol. The highest BCUT2D eigenvalue weighted by Crippen LogP contribution is 2.22. The molecule has 0 fully saturated rings. The van der Waals surface area contributed by atoms with Gasteiger partial charge >= 0.3 is 0 Å². The van der Waals surface area contributed by atoms with E-state index in [-0.39, 0.29) is 17.4 Å². The Balaban J connectivity index is 1.79. The van der Waals surface area contributed by atoms with Crippen molar-refractivity contribution in [3.8, 4) is 0 Å². The summed E-state index contributed by atoms with van der Waals surface area (Å²) >= 11 is 0. The molecule has 3 aromatic rings. The molecule has 1 amide bonds. The topological polar surface area (TPSA) is 62.7 Å². The molecule has 0 radical (unpaired) electrons. The van der Waals surface area contributed by atoms with E-state index in [1.807, 2.05) is 41.2 Å². The van der Waals surface area contributed by atoms with Gasteiger partial charge in [0.15, 0.2) is 0 Å². The number of nitrogens with one attached hydrogen (secondary N) is 2. The lowest BCUT2D eigenvalue weighted by molar-refractivity contribution is 0.0892. The number of aromatic nitrogens is 3. The maximum atomic E-state index is 12.6. The molecule has 2 aromatic heterocycles. The number of benzene rings is 1. The lowest BCUT2D eigenvalue weighted by Gasteiger charge is -2.31. The lowest BCUT2D eigenvalue weighted by atomic mass is 9.86. The molecule has 5 nitrogen and oxygen atoms in total. The van der Waals surface area contributed by atoms with Gasteiger partial charge in [-0.05, 0) is 29.7 Å². The average molecular weight is 310 g/mol. The van der Waals surface area contributed by atoms with Crippen molar-refractivity contribution in [1.29, 1.82) is 0 Å². The highest BCUT2D eigenvalue weighted by molar-refractivity contribution is 5.98. The fraction of sp³-hybridized carbons (Fsp3) is 0.333. The maximum Gasteiger partial charge on any atom is 0.251 e. The lowest BCUT2D eigenvalue weighted by Crippen LogP contribution is -2.46. The highest BCUT2D eigenvalue weighted by Gasteiger charge is 2.27. The first-order chi connectivity index (χ1) is 10.9. The molecule has 0 saturated carbocycles. The number of aromatic amines is 1. The summed E-state index contributed by atoms with van der Waals surface area (Å²) in [5, 5.41) is 4.21. The zero-order valence-electron chi connectivity index (χ0n) is 13.7. The van der Waals surface area contributed by atoms with E-state index in [1.54, 1.807) is 12.5 Å². The molecule has 0 unspecified atom stereocenters. The summed E-state index contributed by atoms with van der Waals surface area (Å²) in [6.45, 7) is 7.08. The van der Waals surface area contributed by atoms with Crippen molar-refractivity contribution in [2.75, 3.05) is 0 Å². The number of H-pyrrole nitrogens is 1. The number of nitrogens with zero attached hydrogens (tertiary/aromatic N) is 2. The van der Waals surface area contributed by atoms with E-state index in [0.29, 0.717) is 12.1 Å². The number of amides is 1. The molecule has 0 spiro atoms. The Morgan fingerprint density at radius 1 is 1.35 bits per heavy atom. The first kappa shape index (κ1) is 15.3. The van der Waals surface area contributed by atoms with Crippen LogP contribution in [0.15, 0.2) is 49.2 Å². The summed E-state index contributed by atoms with van der Waals surface area (Å²) in [6.07, 6.45) is 7.32. The molecule has 0 aliphatic carbocycles. The molecule has 3 rings (SSSR count). The smallest absolute Gasteiger partial charge is 0.251 e. The van der Waals surface area contributed by atoms with Crippen LogP contribution in [0, 0.1) is 5.41 Å². The predicted octanol–water partition coefficient (Wildman–Crippen LogP) is 3.21. The highest BCUT2D eigenvalue weighted by atomic mass is 16.1. The molecule has 5 heteroatoms. The molecule has 2 N–H and O–H groups in total. The van der Waals surface area contributed by atoms with E-state index in [9.17, 15) is 4.79 Å². The number of carbonyl (C=O) groups excluding carboxylic acids is 1. The first-order valence-corrected chi connectivity index (χ1v) is 7.77. The summed E-state index contributed by atoms with van der Waals surface area (Å²) in [5.74, 6) is -0.0480. The summed E-state index contributed by atoms with van der Waals surface area (Å²) in [6, 6.07) is 7.68. The normalized spacial score (nSPS) is 13.2. The Hall–Kier alpha value is -2.56. The molecule has 120 valence electrons. The van der Waals surface area contributed by atoms with Gasteiger partial charge in [-0.1, -0.05) is 20.8 Å². The average Bonchev–Trinajstić information content (AvgIpc) is 3.15. The summed E-state index contributed by atoms with van der Waals surface area (Å²) in [7, 11) is 0. The minimum absolute atomic E-state index is 0.00567. The van der Waals surface area contributed by atoms with Crippen LogP contribution < -0.4 is 5.32 Å². The van der Waals surface area contributed by atoms with Crippen LogP contribution in [0.4, 0.5) is 0 Å². The molecule has 0 aliphatic heterocycles. The maximum absolute atomic E-state index is 12.6. The second-order valence-electron chi connectivity index (χ2n) is 6.93. The van der Waals surface area contributed by atoms with Crippen molar-refractivity contribution < 1.29 is 4.79 Å². The van der Waals surface area contributed by atoms with Gasteiger partial charge in [0, 0.05) is 41.6 Å². The van der Waals surface area contributed by atoms with Crippen molar-refractivity contribution in [2.24, 2.45) is 5.41 Å². The van der Waals surface area contributed by atoms with Crippen LogP contribution in [0.5, 0.6) is 0 Å². The van der Waals surface area contributed by atoms with Crippen LogP contribution in [0.25, 0.3) is 10.9 Å². The van der Waals surface area contributed by atoms with E-state index in [2.05, 4.69) is 36.1 Å². The van der Waals surface area contributed by atoms with Gasteiger partial charge < -0.3 is 14.9 Å². The number of hydrogen-bond acceptors (Lipinski definition) is 2. The van der Waals surface area contributed by atoms with Gasteiger partial charge in [0.25, 0.3) is 5.91 Å². The zero-order valence-corrected chi connectivity index (χ0v) is 13.7. The fourth-order valence-corrected chi connectivity index (χ4v) is 2.58. The second kappa shape index (κ2) is 5.91. The van der Waals surface area contributed by atoms with Gasteiger partial charge in [-0.3, -0.25) is 4.79 Å². The molecule has 1 aromatic carbocycles. The predicted molar refractivity (Wildman–Crippen MR) is 91.2 cm³/mol. The molecule has 0 aliphatic rings. The Bertz CT molecular complexity index is 796. The molecule has 1 atom stereocenters. The van der Waals surface area contributed by atoms with E-state index in [0.717, 1.165) is 10.9 Å². The largest absolute Gasteiger partial charge is 0.361 e. The Morgan fingerprint density at radius 3 is 2.87 bits per heavy atom. The van der Waals surface area contributed by atoms with Gasteiger partial charge in [-0.2, -0.15) is 0 Å². The third-order valence-corrected chi connectivity index (χ3v) is 4.12. The van der Waals surface area contributed by atoms with Gasteiger partial charge in [-0.15, -0.1) is 0 Å². The van der Waals surface area contributed by atoms with Crippen LogP contribution in [0.3, 0.4) is 0 Å². The molecule has 23 heavy (non-hydrogen) atoms. The third kappa shape index (κ3) is 3.44. The van der Waals surface area contributed by atoms with Crippen LogP contribution in [-0.4, -0.2) is 26.5 Å². The van der Waals surface area contributed by atoms with Gasteiger partial charge in [0.2, 0.25) is 0 Å². The first-order valence-electron chi connectivity index (χ1n) is 7.77. The van der Waals surface area contributed by atoms with Gasteiger partial charge in [0.05, 0.1) is 12.4 Å². The Labute approximate surface area is 135 Å². The van der Waals surface area contributed by atoms with Crippen molar-refractivity contribution in [2.45, 2.75) is 33.4 Å². The molecule has 2 heterocycles. The summed E-state index contributed by atoms with van der Waals surface area (Å²) < 4.78 is 1.99. The third-order valence-electron chi connectivity index (χ3n) is 4.12. The SMILES string of the molecule is CC(C)(C)[C@H](Cn1ccnc1)NC(=O)c1ccc2[nH]ccc2c1. The number of fused-ring (bicyclic) bond motifs is 1. The van der Waals surface area contributed by atoms with E-state index in [1.165, 1.54) is 0 Å². The van der Waals surface area contributed by atoms with Crippen molar-refractivity contribution >= 4 is 16.8 Å². The number of rotatable bonds is 4. The minimum Gasteiger partial charge on any atom is -0.361 e. The molecular formula is C18H22N4O. The zero-order chi connectivity index (χ0) is 16.4. The number of hydrogen-bond donors (Lipinski definition) is 2.